The maximum Gasteiger partial charge on any atom is 0.340 e. The molecular weight excluding hydrogens is 1360 g/mol. The monoisotopic (exact) mass is 1440 g/mol. The molecule has 530 valence electrons. The highest BCUT2D eigenvalue weighted by molar-refractivity contribution is 8.76. The van der Waals surface area contributed by atoms with Crippen molar-refractivity contribution < 1.29 is 83.3 Å². The Balaban J connectivity index is 1.01. The lowest BCUT2D eigenvalue weighted by molar-refractivity contribution is -0.145. The number of carbonyl (C=O) groups is 9. The summed E-state index contributed by atoms with van der Waals surface area (Å²) in [6.45, 7) is 2.49. The number of anilines is 1. The summed E-state index contributed by atoms with van der Waals surface area (Å²) in [5, 5.41) is 84.5. The van der Waals surface area contributed by atoms with Crippen LogP contribution in [0.3, 0.4) is 0 Å². The number of aliphatic hydroxyl groups is 2. The second kappa shape index (κ2) is 32.8. The van der Waals surface area contributed by atoms with E-state index in [0.29, 0.717) is 50.7 Å². The summed E-state index contributed by atoms with van der Waals surface area (Å²) in [5.41, 5.74) is 8.07. The zero-order valence-electron chi connectivity index (χ0n) is 54.4. The Morgan fingerprint density at radius 1 is 0.683 bits per heavy atom. The number of nitrogens with one attached hydrogen (secondary N) is 9. The fraction of sp³-hybridized carbons (Fsp3) is 0.314. The number of aromatic hydroxyl groups is 3. The number of phenolic OH excluding ortho intramolecular Hbond substituents is 3. The van der Waals surface area contributed by atoms with Crippen molar-refractivity contribution in [2.24, 2.45) is 10.7 Å². The predicted octanol–water partition coefficient (Wildman–Crippen LogP) is 3.41. The van der Waals surface area contributed by atoms with Gasteiger partial charge in [0.15, 0.2) is 16.8 Å². The fourth-order valence-corrected chi connectivity index (χ4v) is 14.5. The SMILES string of the molecule is C[C@@H](O)[C@H](NC(=O)[C@H]1CSSC[C@H](NC(=O)[C@@H](Cc2ccccc2)N=C(S)Nc2ccc3c(c2)C(=O)OC32c3ccc(O)cc3Oc3cc(O)ccc32)C(=O)N[C@@H](Cc2ccc(O)cc2)C(=O)N[C@H](Cc2c[nH]c3ccccc23)C(=O)N[C@@H](CCCCN)C(=O)N[C@H]([C@@H](C)O)C(=O)N1)C(=O)O. The number of hydrogen-bond donors (Lipinski definition) is 17. The van der Waals surface area contributed by atoms with Crippen LogP contribution >= 0.6 is 34.2 Å². The first-order valence-corrected chi connectivity index (χ1v) is 35.1. The first-order valence-electron chi connectivity index (χ1n) is 32.2. The van der Waals surface area contributed by atoms with Crippen molar-refractivity contribution in [3.05, 3.63) is 179 Å². The van der Waals surface area contributed by atoms with Gasteiger partial charge in [-0.15, -0.1) is 12.6 Å². The van der Waals surface area contributed by atoms with Crippen LogP contribution < -0.4 is 53.0 Å². The van der Waals surface area contributed by atoms with Crippen LogP contribution in [0.2, 0.25) is 0 Å². The number of nitrogens with two attached hydrogens (primary N) is 1. The molecule has 3 aliphatic rings. The summed E-state index contributed by atoms with van der Waals surface area (Å²) in [6.07, 6.45) is -1.67. The summed E-state index contributed by atoms with van der Waals surface area (Å²) >= 11 is 4.69. The first kappa shape index (κ1) is 73.4. The number of fused-ring (bicyclic) bond motifs is 7. The summed E-state index contributed by atoms with van der Waals surface area (Å²) < 4.78 is 12.4. The number of ether oxygens (including phenoxy) is 2. The molecule has 4 heterocycles. The van der Waals surface area contributed by atoms with E-state index in [1.54, 1.807) is 85.1 Å². The molecule has 17 N–H and O–H groups in total. The van der Waals surface area contributed by atoms with Gasteiger partial charge in [-0.1, -0.05) is 88.3 Å². The molecule has 31 heteroatoms. The maximum atomic E-state index is 15.3. The van der Waals surface area contributed by atoms with Gasteiger partial charge < -0.3 is 93.4 Å². The van der Waals surface area contributed by atoms with Crippen LogP contribution in [-0.2, 0) is 68.0 Å². The number of carbonyl (C=O) groups excluding carboxylic acids is 8. The number of nitrogens with zero attached hydrogens (tertiary/aromatic N) is 1. The highest BCUT2D eigenvalue weighted by Gasteiger charge is 2.54. The smallest absolute Gasteiger partial charge is 0.340 e. The van der Waals surface area contributed by atoms with E-state index in [1.807, 2.05) is 0 Å². The Hall–Kier alpha value is -10.3. The Labute approximate surface area is 591 Å². The molecule has 0 unspecified atom stereocenters. The number of H-pyrrole nitrogens is 1. The van der Waals surface area contributed by atoms with Crippen LogP contribution in [-0.4, -0.2) is 173 Å². The van der Waals surface area contributed by atoms with Crippen molar-refractivity contribution in [3.8, 4) is 28.7 Å². The van der Waals surface area contributed by atoms with Crippen LogP contribution in [0.4, 0.5) is 5.69 Å². The Morgan fingerprint density at radius 2 is 1.30 bits per heavy atom. The topological polar surface area (TPSA) is 444 Å². The number of benzene rings is 6. The molecule has 6 aromatic carbocycles. The fourth-order valence-electron chi connectivity index (χ4n) is 11.9. The average Bonchev–Trinajstić information content (AvgIpc) is 1.56. The number of aliphatic hydroxyl groups excluding tert-OH is 2. The lowest BCUT2D eigenvalue weighted by atomic mass is 9.77. The molecule has 1 spiro atoms. The third-order valence-electron chi connectivity index (χ3n) is 17.1. The lowest BCUT2D eigenvalue weighted by Crippen LogP contribution is -2.62. The number of esters is 1. The van der Waals surface area contributed by atoms with E-state index in [2.05, 4.69) is 47.5 Å². The second-order valence-corrected chi connectivity index (χ2v) is 27.4. The molecule has 0 aliphatic carbocycles. The molecule has 101 heavy (non-hydrogen) atoms. The zero-order valence-corrected chi connectivity index (χ0v) is 56.9. The minimum Gasteiger partial charge on any atom is -0.508 e. The van der Waals surface area contributed by atoms with Crippen LogP contribution in [0, 0.1) is 0 Å². The van der Waals surface area contributed by atoms with Crippen LogP contribution in [0.25, 0.3) is 10.9 Å². The number of aromatic nitrogens is 1. The van der Waals surface area contributed by atoms with E-state index < -0.39 is 125 Å². The van der Waals surface area contributed by atoms with E-state index in [-0.39, 0.29) is 89.6 Å². The summed E-state index contributed by atoms with van der Waals surface area (Å²) in [7, 11) is 1.74. The van der Waals surface area contributed by atoms with E-state index in [9.17, 15) is 59.4 Å². The number of para-hydroxylation sites is 1. The number of carboxylic acids is 1. The van der Waals surface area contributed by atoms with Gasteiger partial charge in [-0.3, -0.25) is 33.6 Å². The van der Waals surface area contributed by atoms with Gasteiger partial charge in [0.2, 0.25) is 41.4 Å². The molecule has 28 nitrogen and oxygen atoms in total. The number of aliphatic carboxylic acids is 1. The molecule has 1 saturated heterocycles. The number of amidine groups is 1. The van der Waals surface area contributed by atoms with Crippen LogP contribution in [0.1, 0.15) is 76.8 Å². The number of aromatic amines is 1. The molecular formula is C70H75N11O17S3. The second-order valence-electron chi connectivity index (χ2n) is 24.5. The molecule has 10 atom stereocenters. The minimum absolute atomic E-state index is 0.0692. The van der Waals surface area contributed by atoms with Gasteiger partial charge in [-0.05, 0) is 111 Å². The van der Waals surface area contributed by atoms with Gasteiger partial charge >= 0.3 is 11.9 Å². The van der Waals surface area contributed by atoms with E-state index >= 15 is 14.4 Å². The van der Waals surface area contributed by atoms with Crippen LogP contribution in [0.5, 0.6) is 28.7 Å². The largest absolute Gasteiger partial charge is 0.508 e. The number of carboxylic acid groups (broad SMARTS) is 1. The molecule has 0 radical (unpaired) electrons. The van der Waals surface area contributed by atoms with E-state index in [4.69, 9.17) is 32.8 Å². The average molecular weight is 1440 g/mol. The van der Waals surface area contributed by atoms with Gasteiger partial charge in [-0.25, -0.2) is 14.6 Å². The molecule has 7 amide bonds. The molecule has 7 aromatic rings. The Bertz CT molecular complexity index is 4240. The molecule has 0 saturated carbocycles. The molecule has 10 rings (SSSR count). The van der Waals surface area contributed by atoms with E-state index in [1.165, 1.54) is 61.5 Å². The highest BCUT2D eigenvalue weighted by Crippen LogP contribution is 2.57. The number of rotatable bonds is 19. The quantitative estimate of drug-likeness (QED) is 0.0138. The molecule has 0 bridgehead atoms. The van der Waals surface area contributed by atoms with Crippen molar-refractivity contribution >= 4 is 109 Å². The van der Waals surface area contributed by atoms with Gasteiger partial charge in [0.1, 0.15) is 71.0 Å². The van der Waals surface area contributed by atoms with Crippen molar-refractivity contribution in [1.82, 2.24) is 42.2 Å². The lowest BCUT2D eigenvalue weighted by Gasteiger charge is -2.36. The zero-order chi connectivity index (χ0) is 72.2. The predicted molar refractivity (Wildman–Crippen MR) is 378 cm³/mol. The minimum atomic E-state index is -1.89. The van der Waals surface area contributed by atoms with E-state index in [0.717, 1.165) is 28.5 Å². The Morgan fingerprint density at radius 3 is 1.96 bits per heavy atom. The van der Waals surface area contributed by atoms with Crippen molar-refractivity contribution in [1.29, 1.82) is 0 Å². The number of unbranched alkanes of at least 4 members (excludes halogenated alkanes) is 1. The number of aliphatic imine (C=N–C) groups is 1. The van der Waals surface area contributed by atoms with Gasteiger partial charge in [0.05, 0.1) is 17.8 Å². The van der Waals surface area contributed by atoms with Gasteiger partial charge in [0.25, 0.3) is 0 Å². The summed E-state index contributed by atoms with van der Waals surface area (Å²) in [6, 6.07) is 22.1. The number of hydrogen-bond acceptors (Lipinski definition) is 20. The van der Waals surface area contributed by atoms with Crippen molar-refractivity contribution in [2.45, 2.75) is 119 Å². The molecule has 3 aliphatic heterocycles. The van der Waals surface area contributed by atoms with Gasteiger partial charge in [-0.2, -0.15) is 0 Å². The maximum absolute atomic E-state index is 15.3. The first-order chi connectivity index (χ1) is 48.4. The summed E-state index contributed by atoms with van der Waals surface area (Å²) in [4.78, 5) is 138. The number of thiol groups is 1. The van der Waals surface area contributed by atoms with Gasteiger partial charge in [0, 0.05) is 82.4 Å². The number of phenols is 3. The Kier molecular flexibility index (Phi) is 23.8. The van der Waals surface area contributed by atoms with Crippen molar-refractivity contribution in [2.75, 3.05) is 23.4 Å². The summed E-state index contributed by atoms with van der Waals surface area (Å²) in [5.74, 6) is -10.1. The molecule has 1 fully saturated rings. The van der Waals surface area contributed by atoms with Crippen LogP contribution in [0.15, 0.2) is 145 Å². The standard InChI is InChI=1S/C70H75N11O17S3/c1-35(82)58-66(93)78-55(65(92)81-59(36(2)83)67(94)95)34-101-100-33-54(64(91)75-51(27-38-15-18-41(84)19-16-38)61(88)76-53(28-39-32-72-49-13-7-6-12-44(39)49)63(90)74-50(60(87)80-58)14-8-9-25-71)77-62(89)52(26-37-10-4-3-5-11-37)79-69(99)73-40-17-22-46-45(29-40)68(96)98-70(46)47-23-20-42(85)30-56(47)97-57-31-43(86)21-24-48(57)70/h3-7,10-13,15-24,29-32,35-36,50-55,58-59,72,82-86H,8-9,14,25-28,33-34,71H2,1-2H3,(H,74,90)(H,75,91)(H,76,88)(H,77,89)(H,78,93)(H,80,87)(H,81,92)(H,94,95)(H2,73,79,99)/t35-,36-,50+,51+,52-,53-,54+,55-,58-,59+/m1/s1. The third kappa shape index (κ3) is 17.6. The third-order valence-corrected chi connectivity index (χ3v) is 19.8. The number of amides is 7. The van der Waals surface area contributed by atoms with Crippen molar-refractivity contribution in [3.63, 3.8) is 0 Å². The molecule has 1 aromatic heterocycles. The highest BCUT2D eigenvalue weighted by atomic mass is 33.1. The normalized spacial score (nSPS) is 20.8.